The summed E-state index contributed by atoms with van der Waals surface area (Å²) in [7, 11) is 0. The summed E-state index contributed by atoms with van der Waals surface area (Å²) in [6.07, 6.45) is 1.94. The zero-order chi connectivity index (χ0) is 22.9. The van der Waals surface area contributed by atoms with Gasteiger partial charge in [0.15, 0.2) is 0 Å². The summed E-state index contributed by atoms with van der Waals surface area (Å²) < 4.78 is 8.57. The first-order valence-corrected chi connectivity index (χ1v) is 12.8. The second-order valence-electron chi connectivity index (χ2n) is 8.72. The highest BCUT2D eigenvalue weighted by molar-refractivity contribution is 7.18. The fourth-order valence-electron chi connectivity index (χ4n) is 4.87. The van der Waals surface area contributed by atoms with Crippen LogP contribution in [0.4, 0.5) is 0 Å². The second-order valence-corrected chi connectivity index (χ2v) is 10.2. The van der Waals surface area contributed by atoms with Crippen LogP contribution in [0.15, 0.2) is 33.9 Å². The smallest absolute Gasteiger partial charge is 0.336 e. The normalized spacial score (nSPS) is 17.5. The van der Waals surface area contributed by atoms with Gasteiger partial charge in [-0.25, -0.2) is 9.36 Å². The van der Waals surface area contributed by atoms with Crippen LogP contribution in [0.3, 0.4) is 0 Å². The van der Waals surface area contributed by atoms with E-state index in [0.717, 1.165) is 62.5 Å². The minimum atomic E-state index is -0.299. The molecule has 176 valence electrons. The van der Waals surface area contributed by atoms with Crippen LogP contribution < -0.4 is 11.2 Å². The number of halogens is 1. The lowest BCUT2D eigenvalue weighted by atomic mass is 10.1. The lowest BCUT2D eigenvalue weighted by molar-refractivity contribution is 0.0364. The van der Waals surface area contributed by atoms with Gasteiger partial charge < -0.3 is 4.74 Å². The van der Waals surface area contributed by atoms with Gasteiger partial charge in [-0.05, 0) is 43.1 Å². The van der Waals surface area contributed by atoms with Crippen molar-refractivity contribution >= 4 is 33.2 Å². The van der Waals surface area contributed by atoms with Crippen LogP contribution in [0.1, 0.15) is 23.8 Å². The molecule has 2 aliphatic heterocycles. The fraction of sp³-hybridized carbons (Fsp3) is 0.500. The third-order valence-corrected chi connectivity index (χ3v) is 8.03. The first-order valence-electron chi connectivity index (χ1n) is 11.7. The Kier molecular flexibility index (Phi) is 6.72. The molecule has 1 saturated heterocycles. The van der Waals surface area contributed by atoms with Crippen molar-refractivity contribution in [2.75, 3.05) is 45.9 Å². The molecule has 1 fully saturated rings. The number of fused-ring (bicyclic) bond motifs is 3. The molecule has 33 heavy (non-hydrogen) atoms. The van der Waals surface area contributed by atoms with Gasteiger partial charge in [0.05, 0.1) is 24.3 Å². The predicted octanol–water partition coefficient (Wildman–Crippen LogP) is 2.97. The summed E-state index contributed by atoms with van der Waals surface area (Å²) in [4.78, 5) is 34.2. The van der Waals surface area contributed by atoms with Crippen molar-refractivity contribution in [2.24, 2.45) is 0 Å². The van der Waals surface area contributed by atoms with Crippen LogP contribution in [0.25, 0.3) is 15.9 Å². The zero-order valence-corrected chi connectivity index (χ0v) is 20.5. The van der Waals surface area contributed by atoms with Crippen LogP contribution in [-0.4, -0.2) is 64.9 Å². The molecular formula is C24H29ClN4O3S. The van der Waals surface area contributed by atoms with Crippen LogP contribution in [0.5, 0.6) is 0 Å². The standard InChI is InChI=1S/C24H29ClN4O3S/c1-2-7-27-8-6-19-20(16-27)33-23-21(19)22(30)29(18-5-3-4-17(25)15-18)24(31)28(23)10-9-26-11-13-32-14-12-26/h3-5,15H,2,6-14,16H2,1H3. The molecule has 0 unspecified atom stereocenters. The minimum absolute atomic E-state index is 0.235. The van der Waals surface area contributed by atoms with Gasteiger partial charge in [-0.1, -0.05) is 24.6 Å². The van der Waals surface area contributed by atoms with Crippen LogP contribution in [0.2, 0.25) is 5.02 Å². The number of morpholine rings is 1. The van der Waals surface area contributed by atoms with E-state index in [9.17, 15) is 9.59 Å². The number of rotatable bonds is 6. The summed E-state index contributed by atoms with van der Waals surface area (Å²) in [6, 6.07) is 6.98. The van der Waals surface area contributed by atoms with Crippen molar-refractivity contribution in [3.63, 3.8) is 0 Å². The molecule has 5 rings (SSSR count). The van der Waals surface area contributed by atoms with E-state index in [1.807, 2.05) is 0 Å². The van der Waals surface area contributed by atoms with E-state index in [0.29, 0.717) is 35.9 Å². The van der Waals surface area contributed by atoms with Crippen molar-refractivity contribution in [1.82, 2.24) is 18.9 Å². The van der Waals surface area contributed by atoms with Crippen LogP contribution >= 0.6 is 22.9 Å². The molecule has 0 radical (unpaired) electrons. The molecule has 0 spiro atoms. The molecule has 1 aromatic carbocycles. The highest BCUT2D eigenvalue weighted by Gasteiger charge is 2.26. The lowest BCUT2D eigenvalue weighted by Crippen LogP contribution is -2.43. The summed E-state index contributed by atoms with van der Waals surface area (Å²) in [6.45, 7) is 9.45. The van der Waals surface area contributed by atoms with E-state index < -0.39 is 0 Å². The Morgan fingerprint density at radius 1 is 1.06 bits per heavy atom. The van der Waals surface area contributed by atoms with Crippen molar-refractivity contribution in [3.8, 4) is 5.69 Å². The third kappa shape index (κ3) is 4.42. The lowest BCUT2D eigenvalue weighted by Gasteiger charge is -2.27. The van der Waals surface area contributed by atoms with E-state index in [-0.39, 0.29) is 11.2 Å². The highest BCUT2D eigenvalue weighted by Crippen LogP contribution is 2.33. The fourth-order valence-corrected chi connectivity index (χ4v) is 6.46. The van der Waals surface area contributed by atoms with Gasteiger partial charge in [-0.15, -0.1) is 11.3 Å². The van der Waals surface area contributed by atoms with Gasteiger partial charge in [0.25, 0.3) is 5.56 Å². The molecule has 0 bridgehead atoms. The number of hydrogen-bond donors (Lipinski definition) is 0. The Morgan fingerprint density at radius 2 is 1.88 bits per heavy atom. The van der Waals surface area contributed by atoms with Gasteiger partial charge in [0.2, 0.25) is 0 Å². The molecule has 2 aliphatic rings. The van der Waals surface area contributed by atoms with Gasteiger partial charge in [-0.3, -0.25) is 19.2 Å². The van der Waals surface area contributed by atoms with Crippen molar-refractivity contribution in [1.29, 1.82) is 0 Å². The Balaban J connectivity index is 1.66. The number of ether oxygens (including phenoxy) is 1. The number of benzene rings is 1. The van der Waals surface area contributed by atoms with Crippen LogP contribution in [-0.2, 0) is 24.2 Å². The molecular weight excluding hydrogens is 460 g/mol. The molecule has 0 amide bonds. The summed E-state index contributed by atoms with van der Waals surface area (Å²) in [5.41, 5.74) is 1.10. The summed E-state index contributed by atoms with van der Waals surface area (Å²) in [5, 5.41) is 1.20. The molecule has 0 aliphatic carbocycles. The molecule has 7 nitrogen and oxygen atoms in total. The Bertz CT molecular complexity index is 1280. The zero-order valence-electron chi connectivity index (χ0n) is 18.9. The van der Waals surface area contributed by atoms with Crippen molar-refractivity contribution < 1.29 is 4.74 Å². The topological polar surface area (TPSA) is 59.7 Å². The maximum atomic E-state index is 13.7. The number of hydrogen-bond acceptors (Lipinski definition) is 6. The SMILES string of the molecule is CCCN1CCc2c(sc3c2c(=O)n(-c2cccc(Cl)c2)c(=O)n3CCN2CCOCC2)C1. The average molecular weight is 489 g/mol. The maximum Gasteiger partial charge on any atom is 0.336 e. The third-order valence-electron chi connectivity index (χ3n) is 6.55. The number of aromatic nitrogens is 2. The first kappa shape index (κ1) is 22.8. The highest BCUT2D eigenvalue weighted by atomic mass is 35.5. The molecule has 3 aromatic rings. The second kappa shape index (κ2) is 9.72. The van der Waals surface area contributed by atoms with E-state index in [1.54, 1.807) is 40.2 Å². The first-order chi connectivity index (χ1) is 16.1. The summed E-state index contributed by atoms with van der Waals surface area (Å²) in [5.74, 6) is 0. The van der Waals surface area contributed by atoms with E-state index in [1.165, 1.54) is 9.44 Å². The van der Waals surface area contributed by atoms with Crippen molar-refractivity contribution in [2.45, 2.75) is 32.9 Å². The maximum absolute atomic E-state index is 13.7. The number of nitrogens with zero attached hydrogens (tertiary/aromatic N) is 4. The predicted molar refractivity (Wildman–Crippen MR) is 133 cm³/mol. The van der Waals surface area contributed by atoms with Gasteiger partial charge in [-0.2, -0.15) is 0 Å². The quantitative estimate of drug-likeness (QED) is 0.534. The molecule has 9 heteroatoms. The Hall–Kier alpha value is -1.97. The average Bonchev–Trinajstić information content (AvgIpc) is 3.19. The van der Waals surface area contributed by atoms with Gasteiger partial charge in [0.1, 0.15) is 4.83 Å². The summed E-state index contributed by atoms with van der Waals surface area (Å²) >= 11 is 7.83. The van der Waals surface area contributed by atoms with E-state index in [4.69, 9.17) is 16.3 Å². The molecule has 2 aromatic heterocycles. The van der Waals surface area contributed by atoms with Gasteiger partial charge in [0, 0.05) is 49.2 Å². The van der Waals surface area contributed by atoms with E-state index in [2.05, 4.69) is 16.7 Å². The molecule has 0 atom stereocenters. The Morgan fingerprint density at radius 3 is 2.64 bits per heavy atom. The molecule has 4 heterocycles. The van der Waals surface area contributed by atoms with Crippen LogP contribution in [0, 0.1) is 0 Å². The Labute approximate surface area is 201 Å². The molecule has 0 saturated carbocycles. The molecule has 0 N–H and O–H groups in total. The van der Waals surface area contributed by atoms with Gasteiger partial charge >= 0.3 is 5.69 Å². The number of thiophene rings is 1. The van der Waals surface area contributed by atoms with E-state index >= 15 is 0 Å². The van der Waals surface area contributed by atoms with Crippen molar-refractivity contribution in [3.05, 3.63) is 60.6 Å². The monoisotopic (exact) mass is 488 g/mol. The minimum Gasteiger partial charge on any atom is -0.379 e. The largest absolute Gasteiger partial charge is 0.379 e.